The third kappa shape index (κ3) is 3.45. The normalized spacial score (nSPS) is 11.7. The quantitative estimate of drug-likeness (QED) is 0.443. The number of ether oxygens (including phenoxy) is 1. The Balaban J connectivity index is 1.84. The molecule has 4 aromatic rings. The van der Waals surface area contributed by atoms with Crippen LogP contribution in [-0.4, -0.2) is 48.0 Å². The highest BCUT2D eigenvalue weighted by atomic mass is 35.5. The molecule has 0 radical (unpaired) electrons. The van der Waals surface area contributed by atoms with Crippen LogP contribution in [0.15, 0.2) is 40.1 Å². The van der Waals surface area contributed by atoms with Crippen molar-refractivity contribution in [2.45, 2.75) is 20.0 Å². The Bertz CT molecular complexity index is 1330. The highest BCUT2D eigenvalue weighted by Gasteiger charge is 2.20. The number of nitrogens with zero attached hydrogens (tertiary/aromatic N) is 5. The van der Waals surface area contributed by atoms with Gasteiger partial charge in [0.1, 0.15) is 0 Å². The van der Waals surface area contributed by atoms with Gasteiger partial charge >= 0.3 is 5.69 Å². The summed E-state index contributed by atoms with van der Waals surface area (Å²) >= 11 is 5.93. The molecule has 0 aliphatic heterocycles. The largest absolute Gasteiger partial charge is 0.394 e. The van der Waals surface area contributed by atoms with Crippen molar-refractivity contribution in [2.24, 2.45) is 7.05 Å². The number of aromatic nitrogens is 5. The van der Waals surface area contributed by atoms with Gasteiger partial charge in [0.05, 0.1) is 26.4 Å². The van der Waals surface area contributed by atoms with E-state index in [-0.39, 0.29) is 19.8 Å². The zero-order valence-corrected chi connectivity index (χ0v) is 17.5. The number of hydrogen-bond acceptors (Lipinski definition) is 5. The summed E-state index contributed by atoms with van der Waals surface area (Å²) in [5, 5.41) is 9.44. The van der Waals surface area contributed by atoms with E-state index in [9.17, 15) is 9.59 Å². The summed E-state index contributed by atoms with van der Waals surface area (Å²) in [7, 11) is 1.61. The van der Waals surface area contributed by atoms with Gasteiger partial charge in [0.25, 0.3) is 5.56 Å². The summed E-state index contributed by atoms with van der Waals surface area (Å²) in [5.41, 5.74) is 1.55. The van der Waals surface area contributed by atoms with E-state index in [0.717, 1.165) is 11.3 Å². The molecule has 0 unspecified atom stereocenters. The first-order valence-electron chi connectivity index (χ1n) is 9.53. The lowest BCUT2D eigenvalue weighted by atomic mass is 10.2. The Morgan fingerprint density at radius 1 is 1.13 bits per heavy atom. The SMILES string of the molecule is Cc1cn2c3c(=O)n(Cc4ccc(Cl)cc4)c(=O)n(C)c3nc2n1CCOCCO. The lowest BCUT2D eigenvalue weighted by molar-refractivity contribution is 0.0872. The Morgan fingerprint density at radius 2 is 1.87 bits per heavy atom. The fraction of sp³-hybridized carbons (Fsp3) is 0.350. The van der Waals surface area contributed by atoms with Gasteiger partial charge < -0.3 is 14.4 Å². The minimum Gasteiger partial charge on any atom is -0.394 e. The first kappa shape index (κ1) is 20.4. The van der Waals surface area contributed by atoms with Crippen LogP contribution in [0.3, 0.4) is 0 Å². The van der Waals surface area contributed by atoms with Crippen LogP contribution in [0.4, 0.5) is 0 Å². The number of benzene rings is 1. The van der Waals surface area contributed by atoms with E-state index in [1.807, 2.05) is 17.7 Å². The van der Waals surface area contributed by atoms with E-state index >= 15 is 0 Å². The number of halogens is 1. The van der Waals surface area contributed by atoms with Crippen molar-refractivity contribution in [3.05, 3.63) is 67.6 Å². The monoisotopic (exact) mass is 431 g/mol. The van der Waals surface area contributed by atoms with Gasteiger partial charge in [0.15, 0.2) is 11.2 Å². The summed E-state index contributed by atoms with van der Waals surface area (Å²) in [6, 6.07) is 7.03. The van der Waals surface area contributed by atoms with Crippen LogP contribution in [0.25, 0.3) is 16.9 Å². The molecule has 0 aliphatic carbocycles. The highest BCUT2D eigenvalue weighted by Crippen LogP contribution is 2.16. The summed E-state index contributed by atoms with van der Waals surface area (Å²) in [4.78, 5) is 30.7. The van der Waals surface area contributed by atoms with Crippen molar-refractivity contribution in [2.75, 3.05) is 19.8 Å². The molecule has 0 amide bonds. The molecular weight excluding hydrogens is 410 g/mol. The molecule has 1 aromatic carbocycles. The van der Waals surface area contributed by atoms with Gasteiger partial charge in [-0.15, -0.1) is 0 Å². The number of aliphatic hydroxyl groups excluding tert-OH is 1. The molecule has 0 atom stereocenters. The van der Waals surface area contributed by atoms with E-state index in [0.29, 0.717) is 35.1 Å². The van der Waals surface area contributed by atoms with Gasteiger partial charge in [-0.1, -0.05) is 23.7 Å². The van der Waals surface area contributed by atoms with Crippen LogP contribution in [0.1, 0.15) is 11.3 Å². The molecule has 0 spiro atoms. The van der Waals surface area contributed by atoms with Gasteiger partial charge in [-0.25, -0.2) is 4.79 Å². The Labute approximate surface area is 176 Å². The van der Waals surface area contributed by atoms with Crippen LogP contribution in [0.2, 0.25) is 5.02 Å². The standard InChI is InChI=1S/C20H22ClN5O4/c1-13-11-25-16-17(22-19(25)24(13)7-9-30-10-8-27)23(2)20(29)26(18(16)28)12-14-3-5-15(21)6-4-14/h3-6,11,27H,7-10,12H2,1-2H3. The van der Waals surface area contributed by atoms with Gasteiger partial charge in [-0.2, -0.15) is 4.98 Å². The lowest BCUT2D eigenvalue weighted by Crippen LogP contribution is -2.39. The summed E-state index contributed by atoms with van der Waals surface area (Å²) in [6.07, 6.45) is 1.83. The molecule has 3 aromatic heterocycles. The van der Waals surface area contributed by atoms with Crippen molar-refractivity contribution in [1.82, 2.24) is 23.1 Å². The zero-order valence-electron chi connectivity index (χ0n) is 16.7. The predicted octanol–water partition coefficient (Wildman–Crippen LogP) is 1.17. The number of fused-ring (bicyclic) bond motifs is 3. The number of rotatable bonds is 7. The maximum Gasteiger partial charge on any atom is 0.332 e. The second-order valence-corrected chi connectivity index (χ2v) is 7.51. The first-order chi connectivity index (χ1) is 14.4. The van der Waals surface area contributed by atoms with Crippen LogP contribution < -0.4 is 11.2 Å². The second kappa shape index (κ2) is 8.10. The molecule has 0 bridgehead atoms. The highest BCUT2D eigenvalue weighted by molar-refractivity contribution is 6.30. The van der Waals surface area contributed by atoms with Crippen molar-refractivity contribution in [3.8, 4) is 0 Å². The average Bonchev–Trinajstić information content (AvgIpc) is 3.24. The Morgan fingerprint density at radius 3 is 2.57 bits per heavy atom. The zero-order chi connectivity index (χ0) is 21.4. The third-order valence-electron chi connectivity index (χ3n) is 5.09. The summed E-state index contributed by atoms with van der Waals surface area (Å²) < 4.78 is 11.6. The minimum atomic E-state index is -0.433. The van der Waals surface area contributed by atoms with Gasteiger partial charge in [0.2, 0.25) is 5.78 Å². The fourth-order valence-electron chi connectivity index (χ4n) is 3.57. The van der Waals surface area contributed by atoms with Crippen molar-refractivity contribution in [1.29, 1.82) is 0 Å². The third-order valence-corrected chi connectivity index (χ3v) is 5.34. The van der Waals surface area contributed by atoms with E-state index < -0.39 is 11.2 Å². The van der Waals surface area contributed by atoms with Crippen molar-refractivity contribution >= 4 is 28.5 Å². The van der Waals surface area contributed by atoms with Gasteiger partial charge in [0, 0.05) is 30.5 Å². The van der Waals surface area contributed by atoms with E-state index in [1.165, 1.54) is 9.13 Å². The van der Waals surface area contributed by atoms with Crippen molar-refractivity contribution < 1.29 is 9.84 Å². The maximum atomic E-state index is 13.3. The fourth-order valence-corrected chi connectivity index (χ4v) is 3.69. The van der Waals surface area contributed by atoms with Crippen molar-refractivity contribution in [3.63, 3.8) is 0 Å². The number of aliphatic hydroxyl groups is 1. The number of hydrogen-bond donors (Lipinski definition) is 1. The molecule has 1 N–H and O–H groups in total. The summed E-state index contributed by atoms with van der Waals surface area (Å²) in [5.74, 6) is 0.562. The molecule has 0 fully saturated rings. The summed E-state index contributed by atoms with van der Waals surface area (Å²) in [6.45, 7) is 3.19. The Hall–Kier alpha value is -2.88. The van der Waals surface area contributed by atoms with Gasteiger partial charge in [-0.05, 0) is 24.6 Å². The number of aryl methyl sites for hydroxylation is 2. The molecule has 10 heteroatoms. The van der Waals surface area contributed by atoms with Gasteiger partial charge in [-0.3, -0.25) is 18.3 Å². The molecule has 30 heavy (non-hydrogen) atoms. The Kier molecular flexibility index (Phi) is 5.50. The van der Waals surface area contributed by atoms with Crippen LogP contribution in [-0.2, 0) is 24.9 Å². The molecule has 0 saturated heterocycles. The molecule has 0 aliphatic rings. The topological polar surface area (TPSA) is 95.7 Å². The second-order valence-electron chi connectivity index (χ2n) is 7.07. The number of imidazole rings is 2. The molecular formula is C20H22ClN5O4. The van der Waals surface area contributed by atoms with Crippen LogP contribution >= 0.6 is 11.6 Å². The van der Waals surface area contributed by atoms with E-state index in [1.54, 1.807) is 35.7 Å². The maximum absolute atomic E-state index is 13.3. The lowest BCUT2D eigenvalue weighted by Gasteiger charge is -2.08. The molecule has 158 valence electrons. The van der Waals surface area contributed by atoms with Crippen LogP contribution in [0, 0.1) is 6.92 Å². The molecule has 9 nitrogen and oxygen atoms in total. The smallest absolute Gasteiger partial charge is 0.332 e. The predicted molar refractivity (Wildman–Crippen MR) is 113 cm³/mol. The van der Waals surface area contributed by atoms with Crippen LogP contribution in [0.5, 0.6) is 0 Å². The molecule has 0 saturated carbocycles. The molecule has 4 rings (SSSR count). The van der Waals surface area contributed by atoms with E-state index in [4.69, 9.17) is 21.4 Å². The molecule has 3 heterocycles. The van der Waals surface area contributed by atoms with E-state index in [2.05, 4.69) is 4.98 Å². The minimum absolute atomic E-state index is 0.0391. The average molecular weight is 432 g/mol. The first-order valence-corrected chi connectivity index (χ1v) is 9.91.